The van der Waals surface area contributed by atoms with Crippen LogP contribution in [0.15, 0.2) is 18.2 Å². The minimum absolute atomic E-state index is 0.0927. The number of halogens is 1. The number of rotatable bonds is 6. The van der Waals surface area contributed by atoms with Crippen LogP contribution in [-0.2, 0) is 14.4 Å². The first-order valence-corrected chi connectivity index (χ1v) is 7.54. The standard InChI is InChI=1S/C16H19FN2O4/c1-2-3-4-12(16(22)23)19-15(21)11-8-14(20)18-13-7-9(17)5-6-10(11)13/h5-7,11-12H,2-4,8H2,1H3,(H,18,20)(H,19,21)(H,22,23). The Morgan fingerprint density at radius 3 is 2.87 bits per heavy atom. The highest BCUT2D eigenvalue weighted by atomic mass is 19.1. The molecular weight excluding hydrogens is 303 g/mol. The number of nitrogens with one attached hydrogen (secondary N) is 2. The lowest BCUT2D eigenvalue weighted by Gasteiger charge is -2.26. The van der Waals surface area contributed by atoms with Gasteiger partial charge in [-0.15, -0.1) is 0 Å². The predicted molar refractivity (Wildman–Crippen MR) is 81.5 cm³/mol. The van der Waals surface area contributed by atoms with E-state index in [9.17, 15) is 23.9 Å². The summed E-state index contributed by atoms with van der Waals surface area (Å²) in [6, 6.07) is 2.81. The summed E-state index contributed by atoms with van der Waals surface area (Å²) >= 11 is 0. The summed E-state index contributed by atoms with van der Waals surface area (Å²) in [5.74, 6) is -3.37. The van der Waals surface area contributed by atoms with Crippen molar-refractivity contribution in [3.63, 3.8) is 0 Å². The minimum atomic E-state index is -1.11. The van der Waals surface area contributed by atoms with Crippen LogP contribution in [0.4, 0.5) is 10.1 Å². The minimum Gasteiger partial charge on any atom is -0.480 e. The van der Waals surface area contributed by atoms with E-state index in [1.165, 1.54) is 12.1 Å². The third-order valence-corrected chi connectivity index (χ3v) is 3.83. The van der Waals surface area contributed by atoms with Gasteiger partial charge in [0.05, 0.1) is 5.92 Å². The monoisotopic (exact) mass is 322 g/mol. The molecule has 0 saturated heterocycles. The van der Waals surface area contributed by atoms with Gasteiger partial charge in [0, 0.05) is 12.1 Å². The fourth-order valence-corrected chi connectivity index (χ4v) is 2.61. The highest BCUT2D eigenvalue weighted by molar-refractivity contribution is 6.01. The maximum atomic E-state index is 13.3. The summed E-state index contributed by atoms with van der Waals surface area (Å²) in [6.07, 6.45) is 1.72. The molecule has 0 bridgehead atoms. The molecule has 7 heteroatoms. The largest absolute Gasteiger partial charge is 0.480 e. The first-order chi connectivity index (χ1) is 10.9. The van der Waals surface area contributed by atoms with Crippen molar-refractivity contribution >= 4 is 23.5 Å². The second-order valence-electron chi connectivity index (χ2n) is 5.58. The average molecular weight is 322 g/mol. The van der Waals surface area contributed by atoms with Crippen molar-refractivity contribution in [2.75, 3.05) is 5.32 Å². The number of aliphatic carboxylic acids is 1. The number of carbonyl (C=O) groups is 3. The summed E-state index contributed by atoms with van der Waals surface area (Å²) in [4.78, 5) is 35.4. The Bertz CT molecular complexity index is 633. The SMILES string of the molecule is CCCCC(NC(=O)C1CC(=O)Nc2cc(F)ccc21)C(=O)O. The van der Waals surface area contributed by atoms with Crippen LogP contribution in [0.25, 0.3) is 0 Å². The number of anilines is 1. The van der Waals surface area contributed by atoms with Gasteiger partial charge < -0.3 is 15.7 Å². The average Bonchev–Trinajstić information content (AvgIpc) is 2.49. The zero-order valence-corrected chi connectivity index (χ0v) is 12.8. The zero-order chi connectivity index (χ0) is 17.0. The first-order valence-electron chi connectivity index (χ1n) is 7.54. The molecule has 2 unspecified atom stereocenters. The molecule has 6 nitrogen and oxygen atoms in total. The van der Waals surface area contributed by atoms with Crippen molar-refractivity contribution in [3.8, 4) is 0 Å². The van der Waals surface area contributed by atoms with Crippen LogP contribution in [0.3, 0.4) is 0 Å². The fourth-order valence-electron chi connectivity index (χ4n) is 2.61. The molecule has 0 radical (unpaired) electrons. The van der Waals surface area contributed by atoms with E-state index in [0.29, 0.717) is 18.4 Å². The van der Waals surface area contributed by atoms with Crippen molar-refractivity contribution in [2.45, 2.75) is 44.6 Å². The van der Waals surface area contributed by atoms with Crippen molar-refractivity contribution in [1.29, 1.82) is 0 Å². The summed E-state index contributed by atoms with van der Waals surface area (Å²) < 4.78 is 13.3. The highest BCUT2D eigenvalue weighted by Crippen LogP contribution is 2.33. The molecule has 0 aromatic heterocycles. The Morgan fingerprint density at radius 2 is 2.22 bits per heavy atom. The van der Waals surface area contributed by atoms with Crippen LogP contribution in [0.2, 0.25) is 0 Å². The molecule has 2 atom stereocenters. The lowest BCUT2D eigenvalue weighted by Crippen LogP contribution is -2.44. The van der Waals surface area contributed by atoms with Crippen LogP contribution in [0.5, 0.6) is 0 Å². The second-order valence-corrected chi connectivity index (χ2v) is 5.58. The molecule has 1 aromatic carbocycles. The van der Waals surface area contributed by atoms with E-state index in [-0.39, 0.29) is 12.1 Å². The van der Waals surface area contributed by atoms with Gasteiger partial charge in [-0.25, -0.2) is 9.18 Å². The van der Waals surface area contributed by atoms with Gasteiger partial charge in [0.2, 0.25) is 11.8 Å². The number of carboxylic acids is 1. The maximum absolute atomic E-state index is 13.3. The Kier molecular flexibility index (Phi) is 5.31. The molecule has 3 N–H and O–H groups in total. The van der Waals surface area contributed by atoms with E-state index in [1.807, 2.05) is 6.92 Å². The summed E-state index contributed by atoms with van der Waals surface area (Å²) in [7, 11) is 0. The van der Waals surface area contributed by atoms with E-state index in [1.54, 1.807) is 0 Å². The molecular formula is C16H19FN2O4. The number of unbranched alkanes of at least 4 members (excludes halogenated alkanes) is 1. The van der Waals surface area contributed by atoms with Gasteiger partial charge in [-0.1, -0.05) is 25.8 Å². The molecule has 2 rings (SSSR count). The Hall–Kier alpha value is -2.44. The summed E-state index contributed by atoms with van der Waals surface area (Å²) in [5, 5.41) is 14.2. The molecule has 1 aromatic rings. The zero-order valence-electron chi connectivity index (χ0n) is 12.8. The number of carboxylic acid groups (broad SMARTS) is 1. The van der Waals surface area contributed by atoms with E-state index in [0.717, 1.165) is 12.5 Å². The molecule has 2 amide bonds. The van der Waals surface area contributed by atoms with Gasteiger partial charge in [0.25, 0.3) is 0 Å². The van der Waals surface area contributed by atoms with Crippen molar-refractivity contribution in [3.05, 3.63) is 29.6 Å². The lowest BCUT2D eigenvalue weighted by molar-refractivity contribution is -0.142. The Balaban J connectivity index is 2.19. The fraction of sp³-hybridized carbons (Fsp3) is 0.438. The molecule has 0 fully saturated rings. The lowest BCUT2D eigenvalue weighted by atomic mass is 9.89. The van der Waals surface area contributed by atoms with Crippen LogP contribution in [0.1, 0.15) is 44.1 Å². The molecule has 124 valence electrons. The van der Waals surface area contributed by atoms with Crippen LogP contribution >= 0.6 is 0 Å². The van der Waals surface area contributed by atoms with Gasteiger partial charge in [-0.05, 0) is 24.1 Å². The highest BCUT2D eigenvalue weighted by Gasteiger charge is 2.33. The normalized spacial score (nSPS) is 17.8. The van der Waals surface area contributed by atoms with Gasteiger partial charge in [0.15, 0.2) is 0 Å². The third kappa shape index (κ3) is 4.06. The summed E-state index contributed by atoms with van der Waals surface area (Å²) in [5.41, 5.74) is 0.741. The van der Waals surface area contributed by atoms with Gasteiger partial charge in [-0.2, -0.15) is 0 Å². The quantitative estimate of drug-likeness (QED) is 0.746. The first kappa shape index (κ1) is 16.9. The Labute approximate surface area is 133 Å². The maximum Gasteiger partial charge on any atom is 0.326 e. The van der Waals surface area contributed by atoms with Crippen molar-refractivity contribution < 1.29 is 23.9 Å². The van der Waals surface area contributed by atoms with Crippen LogP contribution < -0.4 is 10.6 Å². The molecule has 23 heavy (non-hydrogen) atoms. The number of carbonyl (C=O) groups excluding carboxylic acids is 2. The van der Waals surface area contributed by atoms with E-state index < -0.39 is 35.6 Å². The summed E-state index contributed by atoms with van der Waals surface area (Å²) in [6.45, 7) is 1.93. The number of hydrogen-bond acceptors (Lipinski definition) is 3. The Morgan fingerprint density at radius 1 is 1.48 bits per heavy atom. The molecule has 0 saturated carbocycles. The van der Waals surface area contributed by atoms with Gasteiger partial charge >= 0.3 is 5.97 Å². The van der Waals surface area contributed by atoms with E-state index in [4.69, 9.17) is 0 Å². The van der Waals surface area contributed by atoms with E-state index in [2.05, 4.69) is 10.6 Å². The molecule has 1 aliphatic rings. The molecule has 1 aliphatic heterocycles. The van der Waals surface area contributed by atoms with Crippen LogP contribution in [0, 0.1) is 5.82 Å². The van der Waals surface area contributed by atoms with Gasteiger partial charge in [0.1, 0.15) is 11.9 Å². The molecule has 1 heterocycles. The number of benzene rings is 1. The second kappa shape index (κ2) is 7.21. The van der Waals surface area contributed by atoms with E-state index >= 15 is 0 Å². The third-order valence-electron chi connectivity index (χ3n) is 3.83. The van der Waals surface area contributed by atoms with Crippen LogP contribution in [-0.4, -0.2) is 28.9 Å². The number of fused-ring (bicyclic) bond motifs is 1. The topological polar surface area (TPSA) is 95.5 Å². The van der Waals surface area contributed by atoms with Gasteiger partial charge in [-0.3, -0.25) is 9.59 Å². The smallest absolute Gasteiger partial charge is 0.326 e. The predicted octanol–water partition coefficient (Wildman–Crippen LogP) is 2.01. The number of amides is 2. The van der Waals surface area contributed by atoms with Crippen molar-refractivity contribution in [2.24, 2.45) is 0 Å². The van der Waals surface area contributed by atoms with Crippen molar-refractivity contribution in [1.82, 2.24) is 5.32 Å². The molecule has 0 aliphatic carbocycles. The molecule has 0 spiro atoms. The number of hydrogen-bond donors (Lipinski definition) is 3.